The standard InChI is InChI=1S/C13H13N3O4/c1-2-15(9-4-3-5-11(17)6-9)13(18)12-7-10(8-14-12)16(19)20/h3-8,14,17H,2H2,1H3. The van der Waals surface area contributed by atoms with Crippen molar-refractivity contribution < 1.29 is 14.8 Å². The van der Waals surface area contributed by atoms with Gasteiger partial charge in [0, 0.05) is 24.4 Å². The molecule has 2 N–H and O–H groups in total. The molecule has 0 radical (unpaired) electrons. The average molecular weight is 275 g/mol. The molecule has 7 heteroatoms. The molecule has 0 aliphatic rings. The Balaban J connectivity index is 2.31. The topological polar surface area (TPSA) is 99.5 Å². The van der Waals surface area contributed by atoms with E-state index in [4.69, 9.17) is 0 Å². The van der Waals surface area contributed by atoms with Crippen LogP contribution in [0.25, 0.3) is 0 Å². The predicted octanol–water partition coefficient (Wildman–Crippen LogP) is 2.30. The Morgan fingerprint density at radius 2 is 2.20 bits per heavy atom. The Hall–Kier alpha value is -2.83. The van der Waals surface area contributed by atoms with Crippen molar-refractivity contribution in [3.8, 4) is 5.75 Å². The number of hydrogen-bond acceptors (Lipinski definition) is 4. The Morgan fingerprint density at radius 1 is 1.45 bits per heavy atom. The van der Waals surface area contributed by atoms with E-state index in [0.29, 0.717) is 12.2 Å². The molecule has 1 aromatic carbocycles. The summed E-state index contributed by atoms with van der Waals surface area (Å²) in [6, 6.07) is 7.45. The molecule has 0 spiro atoms. The monoisotopic (exact) mass is 275 g/mol. The first-order valence-corrected chi connectivity index (χ1v) is 5.96. The molecular weight excluding hydrogens is 262 g/mol. The molecule has 7 nitrogen and oxygen atoms in total. The molecule has 0 unspecified atom stereocenters. The number of aromatic nitrogens is 1. The molecule has 104 valence electrons. The number of aromatic amines is 1. The molecule has 0 atom stereocenters. The third-order valence-corrected chi connectivity index (χ3v) is 2.81. The molecular formula is C13H13N3O4. The van der Waals surface area contributed by atoms with Crippen LogP contribution in [-0.4, -0.2) is 27.5 Å². The van der Waals surface area contributed by atoms with Gasteiger partial charge in [-0.15, -0.1) is 0 Å². The van der Waals surface area contributed by atoms with E-state index in [0.717, 1.165) is 0 Å². The minimum absolute atomic E-state index is 0.0474. The summed E-state index contributed by atoms with van der Waals surface area (Å²) in [7, 11) is 0. The Bertz CT molecular complexity index is 651. The number of carbonyl (C=O) groups excluding carboxylic acids is 1. The SMILES string of the molecule is CCN(C(=O)c1cc([N+](=O)[O-])c[nH]1)c1cccc(O)c1. The first kappa shape index (κ1) is 13.6. The lowest BCUT2D eigenvalue weighted by Crippen LogP contribution is -2.30. The van der Waals surface area contributed by atoms with Crippen molar-refractivity contribution >= 4 is 17.3 Å². The molecule has 1 heterocycles. The van der Waals surface area contributed by atoms with Gasteiger partial charge in [-0.25, -0.2) is 0 Å². The summed E-state index contributed by atoms with van der Waals surface area (Å²) in [6.45, 7) is 2.15. The summed E-state index contributed by atoms with van der Waals surface area (Å²) >= 11 is 0. The largest absolute Gasteiger partial charge is 0.508 e. The summed E-state index contributed by atoms with van der Waals surface area (Å²) in [5, 5.41) is 20.1. The van der Waals surface area contributed by atoms with Crippen LogP contribution in [0.3, 0.4) is 0 Å². The van der Waals surface area contributed by atoms with E-state index in [1.165, 1.54) is 29.3 Å². The van der Waals surface area contributed by atoms with Gasteiger partial charge in [0.15, 0.2) is 0 Å². The summed E-state index contributed by atoms with van der Waals surface area (Å²) in [5.74, 6) is -0.350. The second kappa shape index (κ2) is 5.43. The number of hydrogen-bond donors (Lipinski definition) is 2. The fraction of sp³-hybridized carbons (Fsp3) is 0.154. The van der Waals surface area contributed by atoms with Crippen molar-refractivity contribution in [2.24, 2.45) is 0 Å². The first-order chi connectivity index (χ1) is 9.52. The zero-order valence-electron chi connectivity index (χ0n) is 10.7. The van der Waals surface area contributed by atoms with E-state index in [1.807, 2.05) is 0 Å². The Morgan fingerprint density at radius 3 is 2.75 bits per heavy atom. The molecule has 0 bridgehead atoms. The fourth-order valence-corrected chi connectivity index (χ4v) is 1.86. The predicted molar refractivity (Wildman–Crippen MR) is 72.9 cm³/mol. The number of anilines is 1. The van der Waals surface area contributed by atoms with Crippen molar-refractivity contribution in [3.63, 3.8) is 0 Å². The molecule has 2 rings (SSSR count). The van der Waals surface area contributed by atoms with Crippen LogP contribution in [0.5, 0.6) is 5.75 Å². The van der Waals surface area contributed by atoms with Gasteiger partial charge in [-0.2, -0.15) is 0 Å². The van der Waals surface area contributed by atoms with Crippen molar-refractivity contribution in [3.05, 3.63) is 52.3 Å². The lowest BCUT2D eigenvalue weighted by molar-refractivity contribution is -0.384. The quantitative estimate of drug-likeness (QED) is 0.660. The third kappa shape index (κ3) is 2.61. The van der Waals surface area contributed by atoms with Crippen molar-refractivity contribution in [1.29, 1.82) is 0 Å². The number of nitrogens with zero attached hydrogens (tertiary/aromatic N) is 2. The van der Waals surface area contributed by atoms with Gasteiger partial charge in [-0.3, -0.25) is 14.9 Å². The highest BCUT2D eigenvalue weighted by Crippen LogP contribution is 2.22. The van der Waals surface area contributed by atoms with Crippen molar-refractivity contribution in [2.45, 2.75) is 6.92 Å². The summed E-state index contributed by atoms with van der Waals surface area (Å²) in [5.41, 5.74) is 0.483. The minimum Gasteiger partial charge on any atom is -0.508 e. The molecule has 1 amide bonds. The molecule has 0 fully saturated rings. The average Bonchev–Trinajstić information content (AvgIpc) is 2.89. The van der Waals surface area contributed by atoms with Crippen molar-refractivity contribution in [2.75, 3.05) is 11.4 Å². The maximum atomic E-state index is 12.3. The fourth-order valence-electron chi connectivity index (χ4n) is 1.86. The number of phenolic OH excluding ortho intramolecular Hbond substituents is 1. The van der Waals surface area contributed by atoms with Crippen LogP contribution >= 0.6 is 0 Å². The highest BCUT2D eigenvalue weighted by molar-refractivity contribution is 6.05. The highest BCUT2D eigenvalue weighted by Gasteiger charge is 2.20. The second-order valence-electron chi connectivity index (χ2n) is 4.10. The zero-order chi connectivity index (χ0) is 14.7. The van der Waals surface area contributed by atoms with Crippen LogP contribution in [0.2, 0.25) is 0 Å². The molecule has 0 aliphatic carbocycles. The van der Waals surface area contributed by atoms with Gasteiger partial charge >= 0.3 is 0 Å². The van der Waals surface area contributed by atoms with E-state index < -0.39 is 10.8 Å². The zero-order valence-corrected chi connectivity index (χ0v) is 10.7. The van der Waals surface area contributed by atoms with Gasteiger partial charge in [0.25, 0.3) is 11.6 Å². The van der Waals surface area contributed by atoms with Crippen molar-refractivity contribution in [1.82, 2.24) is 4.98 Å². The number of carbonyl (C=O) groups is 1. The number of H-pyrrole nitrogens is 1. The molecule has 0 aliphatic heterocycles. The Kier molecular flexibility index (Phi) is 3.69. The summed E-state index contributed by atoms with van der Waals surface area (Å²) in [4.78, 5) is 26.4. The lowest BCUT2D eigenvalue weighted by atomic mass is 10.2. The van der Waals surface area contributed by atoms with E-state index >= 15 is 0 Å². The van der Waals surface area contributed by atoms with Gasteiger partial charge in [0.05, 0.1) is 11.1 Å². The molecule has 1 aromatic heterocycles. The number of nitro groups is 1. The molecule has 2 aromatic rings. The number of aromatic hydroxyl groups is 1. The number of rotatable bonds is 4. The summed E-state index contributed by atoms with van der Waals surface area (Å²) < 4.78 is 0. The second-order valence-corrected chi connectivity index (χ2v) is 4.10. The Labute approximate surface area is 114 Å². The number of phenols is 1. The molecule has 0 saturated heterocycles. The van der Waals surface area contributed by atoms with Crippen LogP contribution in [0.4, 0.5) is 11.4 Å². The van der Waals surface area contributed by atoms with Crippen LogP contribution in [0.15, 0.2) is 36.5 Å². The van der Waals surface area contributed by atoms with Crippen LogP contribution in [0.1, 0.15) is 17.4 Å². The number of amides is 1. The molecule has 20 heavy (non-hydrogen) atoms. The third-order valence-electron chi connectivity index (χ3n) is 2.81. The van der Waals surface area contributed by atoms with Gasteiger partial charge in [-0.1, -0.05) is 6.07 Å². The minimum atomic E-state index is -0.572. The van der Waals surface area contributed by atoms with Gasteiger partial charge in [0.1, 0.15) is 11.4 Å². The molecule has 0 saturated carbocycles. The van der Waals surface area contributed by atoms with Crippen LogP contribution in [-0.2, 0) is 0 Å². The van der Waals surface area contributed by atoms with E-state index in [-0.39, 0.29) is 17.1 Å². The summed E-state index contributed by atoms with van der Waals surface area (Å²) in [6.07, 6.45) is 1.17. The maximum Gasteiger partial charge on any atom is 0.287 e. The number of benzene rings is 1. The smallest absolute Gasteiger partial charge is 0.287 e. The maximum absolute atomic E-state index is 12.3. The van der Waals surface area contributed by atoms with Gasteiger partial charge < -0.3 is 15.0 Å². The van der Waals surface area contributed by atoms with E-state index in [2.05, 4.69) is 4.98 Å². The van der Waals surface area contributed by atoms with Crippen LogP contribution in [0, 0.1) is 10.1 Å². The van der Waals surface area contributed by atoms with Crippen LogP contribution < -0.4 is 4.90 Å². The van der Waals surface area contributed by atoms with E-state index in [9.17, 15) is 20.0 Å². The first-order valence-electron chi connectivity index (χ1n) is 5.96. The van der Waals surface area contributed by atoms with Gasteiger partial charge in [0.2, 0.25) is 0 Å². The van der Waals surface area contributed by atoms with E-state index in [1.54, 1.807) is 19.1 Å². The highest BCUT2D eigenvalue weighted by atomic mass is 16.6. The van der Waals surface area contributed by atoms with Gasteiger partial charge in [-0.05, 0) is 19.1 Å². The lowest BCUT2D eigenvalue weighted by Gasteiger charge is -2.20. The normalized spacial score (nSPS) is 10.2. The number of nitrogens with one attached hydrogen (secondary N) is 1.